The summed E-state index contributed by atoms with van der Waals surface area (Å²) in [5.74, 6) is 1.24. The van der Waals surface area contributed by atoms with Gasteiger partial charge in [-0.2, -0.15) is 0 Å². The minimum Gasteiger partial charge on any atom is -0.497 e. The average molecular weight is 350 g/mol. The number of rotatable bonds is 7. The monoisotopic (exact) mass is 349 g/mol. The maximum Gasteiger partial charge on any atom is 0.230 e. The van der Waals surface area contributed by atoms with Crippen molar-refractivity contribution in [3.05, 3.63) is 64.7 Å². The van der Waals surface area contributed by atoms with Crippen LogP contribution >= 0.6 is 23.4 Å². The minimum atomic E-state index is 0.0265. The molecule has 0 aliphatic carbocycles. The van der Waals surface area contributed by atoms with Gasteiger partial charge in [0, 0.05) is 16.8 Å². The third kappa shape index (κ3) is 5.81. The molecule has 0 aromatic heterocycles. The van der Waals surface area contributed by atoms with Crippen LogP contribution in [0.25, 0.3) is 0 Å². The van der Waals surface area contributed by atoms with Crippen molar-refractivity contribution in [2.24, 2.45) is 0 Å². The highest BCUT2D eigenvalue weighted by atomic mass is 35.5. The van der Waals surface area contributed by atoms with E-state index < -0.39 is 0 Å². The van der Waals surface area contributed by atoms with Crippen molar-refractivity contribution in [3.63, 3.8) is 0 Å². The largest absolute Gasteiger partial charge is 0.497 e. The van der Waals surface area contributed by atoms with Gasteiger partial charge in [-0.25, -0.2) is 0 Å². The number of methoxy groups -OCH3 is 1. The molecule has 0 bridgehead atoms. The SMILES string of the molecule is COc1cccc(CNC(=O)CSC(C)c2ccc(Cl)cc2)c1. The molecule has 0 aliphatic heterocycles. The molecule has 5 heteroatoms. The fraction of sp³-hybridized carbons (Fsp3) is 0.278. The number of hydrogen-bond acceptors (Lipinski definition) is 3. The Morgan fingerprint density at radius 2 is 2.00 bits per heavy atom. The number of hydrogen-bond donors (Lipinski definition) is 1. The van der Waals surface area contributed by atoms with E-state index in [1.807, 2.05) is 48.5 Å². The Kier molecular flexibility index (Phi) is 6.81. The van der Waals surface area contributed by atoms with Gasteiger partial charge in [-0.05, 0) is 42.3 Å². The zero-order valence-corrected chi connectivity index (χ0v) is 14.8. The second-order valence-electron chi connectivity index (χ2n) is 5.13. The van der Waals surface area contributed by atoms with E-state index in [2.05, 4.69) is 12.2 Å². The quantitative estimate of drug-likeness (QED) is 0.802. The topological polar surface area (TPSA) is 38.3 Å². The highest BCUT2D eigenvalue weighted by Crippen LogP contribution is 2.28. The fourth-order valence-corrected chi connectivity index (χ4v) is 3.04. The first kappa shape index (κ1) is 17.7. The molecule has 1 unspecified atom stereocenters. The summed E-state index contributed by atoms with van der Waals surface area (Å²) in [4.78, 5) is 12.0. The Morgan fingerprint density at radius 1 is 1.26 bits per heavy atom. The summed E-state index contributed by atoms with van der Waals surface area (Å²) in [5.41, 5.74) is 2.19. The summed E-state index contributed by atoms with van der Waals surface area (Å²) in [6.07, 6.45) is 0. The van der Waals surface area contributed by atoms with Crippen molar-refractivity contribution in [1.29, 1.82) is 0 Å². The first-order chi connectivity index (χ1) is 11.1. The average Bonchev–Trinajstić information content (AvgIpc) is 2.58. The second-order valence-corrected chi connectivity index (χ2v) is 6.90. The summed E-state index contributed by atoms with van der Waals surface area (Å²) >= 11 is 7.49. The summed E-state index contributed by atoms with van der Waals surface area (Å²) in [6, 6.07) is 15.4. The van der Waals surface area contributed by atoms with E-state index in [0.717, 1.165) is 16.3 Å². The van der Waals surface area contributed by atoms with E-state index in [1.54, 1.807) is 18.9 Å². The zero-order chi connectivity index (χ0) is 16.7. The number of amides is 1. The predicted molar refractivity (Wildman–Crippen MR) is 97.2 cm³/mol. The van der Waals surface area contributed by atoms with Crippen molar-refractivity contribution < 1.29 is 9.53 Å². The minimum absolute atomic E-state index is 0.0265. The summed E-state index contributed by atoms with van der Waals surface area (Å²) in [7, 11) is 1.63. The lowest BCUT2D eigenvalue weighted by Crippen LogP contribution is -2.24. The molecule has 1 amide bonds. The van der Waals surface area contributed by atoms with E-state index in [0.29, 0.717) is 12.3 Å². The normalized spacial score (nSPS) is 11.8. The van der Waals surface area contributed by atoms with E-state index in [1.165, 1.54) is 5.56 Å². The molecule has 0 heterocycles. The molecule has 2 rings (SSSR count). The standard InChI is InChI=1S/C18H20ClNO2S/c1-13(15-6-8-16(19)9-7-15)23-12-18(21)20-11-14-4-3-5-17(10-14)22-2/h3-10,13H,11-12H2,1-2H3,(H,20,21). The summed E-state index contributed by atoms with van der Waals surface area (Å²) in [6.45, 7) is 2.59. The lowest BCUT2D eigenvalue weighted by Gasteiger charge is -2.12. The van der Waals surface area contributed by atoms with E-state index >= 15 is 0 Å². The van der Waals surface area contributed by atoms with Crippen LogP contribution in [-0.4, -0.2) is 18.8 Å². The third-order valence-corrected chi connectivity index (χ3v) is 4.88. The molecule has 2 aromatic carbocycles. The van der Waals surface area contributed by atoms with Crippen molar-refractivity contribution in [2.75, 3.05) is 12.9 Å². The van der Waals surface area contributed by atoms with Crippen LogP contribution in [0.5, 0.6) is 5.75 Å². The molecule has 23 heavy (non-hydrogen) atoms. The number of nitrogens with one attached hydrogen (secondary N) is 1. The first-order valence-electron chi connectivity index (χ1n) is 7.35. The lowest BCUT2D eigenvalue weighted by molar-refractivity contribution is -0.118. The predicted octanol–water partition coefficient (Wildman–Crippen LogP) is 4.46. The van der Waals surface area contributed by atoms with Crippen LogP contribution in [0.4, 0.5) is 0 Å². The number of carbonyl (C=O) groups excluding carboxylic acids is 1. The van der Waals surface area contributed by atoms with Gasteiger partial charge in [-0.1, -0.05) is 35.9 Å². The van der Waals surface area contributed by atoms with Crippen LogP contribution in [0.1, 0.15) is 23.3 Å². The van der Waals surface area contributed by atoms with Crippen LogP contribution in [0, 0.1) is 0 Å². The summed E-state index contributed by atoms with van der Waals surface area (Å²) in [5, 5.41) is 3.90. The highest BCUT2D eigenvalue weighted by molar-refractivity contribution is 8.00. The van der Waals surface area contributed by atoms with Crippen LogP contribution in [0.3, 0.4) is 0 Å². The molecule has 0 radical (unpaired) electrons. The molecule has 0 saturated carbocycles. The molecule has 0 aliphatic rings. The molecule has 3 nitrogen and oxygen atoms in total. The summed E-state index contributed by atoms with van der Waals surface area (Å²) < 4.78 is 5.17. The Balaban J connectivity index is 1.77. The van der Waals surface area contributed by atoms with Gasteiger partial charge in [0.05, 0.1) is 12.9 Å². The van der Waals surface area contributed by atoms with E-state index in [4.69, 9.17) is 16.3 Å². The molecule has 0 saturated heterocycles. The maximum atomic E-state index is 12.0. The van der Waals surface area contributed by atoms with Gasteiger partial charge in [-0.3, -0.25) is 4.79 Å². The van der Waals surface area contributed by atoms with Gasteiger partial charge in [-0.15, -0.1) is 11.8 Å². The van der Waals surface area contributed by atoms with Crippen LogP contribution in [0.15, 0.2) is 48.5 Å². The van der Waals surface area contributed by atoms with Gasteiger partial charge >= 0.3 is 0 Å². The highest BCUT2D eigenvalue weighted by Gasteiger charge is 2.09. The molecule has 2 aromatic rings. The molecular formula is C18H20ClNO2S. The zero-order valence-electron chi connectivity index (χ0n) is 13.2. The number of carbonyl (C=O) groups is 1. The molecule has 1 atom stereocenters. The number of thioether (sulfide) groups is 1. The molecule has 1 N–H and O–H groups in total. The van der Waals surface area contributed by atoms with Gasteiger partial charge < -0.3 is 10.1 Å². The Labute approximate surface area is 146 Å². The van der Waals surface area contributed by atoms with Gasteiger partial charge in [0.15, 0.2) is 0 Å². The van der Waals surface area contributed by atoms with Crippen molar-refractivity contribution in [1.82, 2.24) is 5.32 Å². The van der Waals surface area contributed by atoms with Gasteiger partial charge in [0.25, 0.3) is 0 Å². The van der Waals surface area contributed by atoms with E-state index in [-0.39, 0.29) is 11.2 Å². The fourth-order valence-electron chi connectivity index (χ4n) is 2.06. The van der Waals surface area contributed by atoms with Crippen molar-refractivity contribution in [2.45, 2.75) is 18.7 Å². The van der Waals surface area contributed by atoms with Crippen LogP contribution < -0.4 is 10.1 Å². The van der Waals surface area contributed by atoms with Crippen molar-refractivity contribution >= 4 is 29.3 Å². The molecule has 0 spiro atoms. The molecule has 122 valence electrons. The Hall–Kier alpha value is -1.65. The third-order valence-electron chi connectivity index (χ3n) is 3.43. The molecular weight excluding hydrogens is 330 g/mol. The molecule has 0 fully saturated rings. The van der Waals surface area contributed by atoms with E-state index in [9.17, 15) is 4.79 Å². The van der Waals surface area contributed by atoms with Crippen molar-refractivity contribution in [3.8, 4) is 5.75 Å². The second kappa shape index (κ2) is 8.85. The van der Waals surface area contributed by atoms with Crippen LogP contribution in [0.2, 0.25) is 5.02 Å². The lowest BCUT2D eigenvalue weighted by atomic mass is 10.2. The van der Waals surface area contributed by atoms with Gasteiger partial charge in [0.1, 0.15) is 5.75 Å². The number of halogens is 1. The smallest absolute Gasteiger partial charge is 0.230 e. The first-order valence-corrected chi connectivity index (χ1v) is 8.78. The maximum absolute atomic E-state index is 12.0. The number of benzene rings is 2. The van der Waals surface area contributed by atoms with Gasteiger partial charge in [0.2, 0.25) is 5.91 Å². The Morgan fingerprint density at radius 3 is 2.70 bits per heavy atom. The van der Waals surface area contributed by atoms with Crippen LogP contribution in [-0.2, 0) is 11.3 Å². The Bertz CT molecular complexity index is 646. The number of ether oxygens (including phenoxy) is 1.